The molecule has 1 saturated heterocycles. The van der Waals surface area contributed by atoms with Crippen molar-refractivity contribution in [3.05, 3.63) is 35.9 Å². The van der Waals surface area contributed by atoms with Crippen LogP contribution in [0, 0.1) is 0 Å². The minimum Gasteiger partial charge on any atom is -0.480 e. The van der Waals surface area contributed by atoms with E-state index < -0.39 is 23.5 Å². The molecule has 1 heterocycles. The lowest BCUT2D eigenvalue weighted by Gasteiger charge is -2.31. The summed E-state index contributed by atoms with van der Waals surface area (Å²) in [6.07, 6.45) is -0.682. The lowest BCUT2D eigenvalue weighted by atomic mass is 9.83. The number of benzene rings is 1. The summed E-state index contributed by atoms with van der Waals surface area (Å²) >= 11 is 0. The smallest absolute Gasteiger partial charge is 0.326 e. The number of aliphatic hydroxyl groups excluding tert-OH is 1. The molecule has 2 atom stereocenters. The summed E-state index contributed by atoms with van der Waals surface area (Å²) < 4.78 is 0. The molecule has 0 saturated carbocycles. The highest BCUT2D eigenvalue weighted by Crippen LogP contribution is 2.29. The lowest BCUT2D eigenvalue weighted by molar-refractivity contribution is -0.150. The molecule has 2 rings (SSSR count). The summed E-state index contributed by atoms with van der Waals surface area (Å²) in [5.41, 5.74) is 0.00878. The van der Waals surface area contributed by atoms with Crippen molar-refractivity contribution in [2.75, 3.05) is 6.54 Å². The van der Waals surface area contributed by atoms with E-state index in [4.69, 9.17) is 0 Å². The first-order valence-electron chi connectivity index (χ1n) is 6.61. The Morgan fingerprint density at radius 2 is 1.85 bits per heavy atom. The van der Waals surface area contributed by atoms with Crippen molar-refractivity contribution in [1.82, 2.24) is 4.90 Å². The first kappa shape index (κ1) is 14.5. The largest absolute Gasteiger partial charge is 0.480 e. The van der Waals surface area contributed by atoms with Crippen molar-refractivity contribution in [1.29, 1.82) is 0 Å². The van der Waals surface area contributed by atoms with Crippen molar-refractivity contribution in [3.63, 3.8) is 0 Å². The van der Waals surface area contributed by atoms with E-state index >= 15 is 0 Å². The van der Waals surface area contributed by atoms with Crippen LogP contribution < -0.4 is 0 Å². The van der Waals surface area contributed by atoms with Crippen LogP contribution in [0.1, 0.15) is 25.8 Å². The van der Waals surface area contributed by atoms with Gasteiger partial charge in [0.05, 0.1) is 11.5 Å². The van der Waals surface area contributed by atoms with Crippen LogP contribution in [0.25, 0.3) is 0 Å². The van der Waals surface area contributed by atoms with Gasteiger partial charge in [0, 0.05) is 13.0 Å². The maximum Gasteiger partial charge on any atom is 0.326 e. The number of amides is 1. The van der Waals surface area contributed by atoms with Gasteiger partial charge >= 0.3 is 5.97 Å². The second-order valence-corrected chi connectivity index (χ2v) is 5.69. The Morgan fingerprint density at radius 1 is 1.25 bits per heavy atom. The minimum absolute atomic E-state index is 0.0755. The average molecular weight is 277 g/mol. The highest BCUT2D eigenvalue weighted by Gasteiger charge is 2.44. The molecule has 5 heteroatoms. The highest BCUT2D eigenvalue weighted by molar-refractivity contribution is 5.91. The second kappa shape index (κ2) is 5.25. The molecule has 108 valence electrons. The third-order valence-electron chi connectivity index (χ3n) is 3.86. The molecular weight excluding hydrogens is 258 g/mol. The topological polar surface area (TPSA) is 77.8 Å². The van der Waals surface area contributed by atoms with Gasteiger partial charge in [-0.15, -0.1) is 0 Å². The molecule has 1 aliphatic heterocycles. The molecule has 0 aliphatic carbocycles. The Kier molecular flexibility index (Phi) is 3.81. The maximum absolute atomic E-state index is 12.7. The molecular formula is C15H19NO4. The molecule has 0 radical (unpaired) electrons. The molecule has 1 amide bonds. The summed E-state index contributed by atoms with van der Waals surface area (Å²) in [7, 11) is 0. The predicted molar refractivity (Wildman–Crippen MR) is 73.2 cm³/mol. The zero-order chi connectivity index (χ0) is 14.9. The van der Waals surface area contributed by atoms with Gasteiger partial charge in [-0.2, -0.15) is 0 Å². The molecule has 2 N–H and O–H groups in total. The van der Waals surface area contributed by atoms with Gasteiger partial charge in [0.15, 0.2) is 0 Å². The molecule has 1 aromatic carbocycles. The minimum atomic E-state index is -1.07. The molecule has 5 nitrogen and oxygen atoms in total. The molecule has 1 aliphatic rings. The number of aliphatic carboxylic acids is 1. The molecule has 1 fully saturated rings. The molecule has 0 aromatic heterocycles. The number of carboxylic acid groups (broad SMARTS) is 1. The van der Waals surface area contributed by atoms with E-state index in [1.54, 1.807) is 13.8 Å². The maximum atomic E-state index is 12.7. The quantitative estimate of drug-likeness (QED) is 0.864. The molecule has 0 spiro atoms. The lowest BCUT2D eigenvalue weighted by Crippen LogP contribution is -2.48. The Morgan fingerprint density at radius 3 is 2.40 bits per heavy atom. The van der Waals surface area contributed by atoms with Crippen LogP contribution in [0.15, 0.2) is 30.3 Å². The van der Waals surface area contributed by atoms with E-state index in [1.165, 1.54) is 4.90 Å². The van der Waals surface area contributed by atoms with E-state index in [9.17, 15) is 19.8 Å². The summed E-state index contributed by atoms with van der Waals surface area (Å²) in [5.74, 6) is -1.34. The SMILES string of the molecule is CC(C)(C(=O)N1C[C@@H](O)C[C@H]1C(=O)O)c1ccccc1. The number of aliphatic hydroxyl groups is 1. The van der Waals surface area contributed by atoms with Crippen LogP contribution in [-0.2, 0) is 15.0 Å². The number of nitrogens with zero attached hydrogens (tertiary/aromatic N) is 1. The van der Waals surface area contributed by atoms with Gasteiger partial charge < -0.3 is 15.1 Å². The van der Waals surface area contributed by atoms with Crippen LogP contribution in [0.2, 0.25) is 0 Å². The normalized spacial score (nSPS) is 22.9. The van der Waals surface area contributed by atoms with Crippen LogP contribution in [0.3, 0.4) is 0 Å². The molecule has 1 aromatic rings. The second-order valence-electron chi connectivity index (χ2n) is 5.69. The third-order valence-corrected chi connectivity index (χ3v) is 3.86. The number of carbonyl (C=O) groups is 2. The summed E-state index contributed by atoms with van der Waals surface area (Å²) in [6.45, 7) is 3.62. The molecule has 0 bridgehead atoms. The van der Waals surface area contributed by atoms with Gasteiger partial charge in [0.25, 0.3) is 0 Å². The van der Waals surface area contributed by atoms with Crippen LogP contribution >= 0.6 is 0 Å². The van der Waals surface area contributed by atoms with Crippen LogP contribution in [0.4, 0.5) is 0 Å². The zero-order valence-electron chi connectivity index (χ0n) is 11.6. The van der Waals surface area contributed by atoms with E-state index in [2.05, 4.69) is 0 Å². The van der Waals surface area contributed by atoms with Gasteiger partial charge in [-0.25, -0.2) is 4.79 Å². The Labute approximate surface area is 117 Å². The van der Waals surface area contributed by atoms with Gasteiger partial charge in [-0.1, -0.05) is 30.3 Å². The van der Waals surface area contributed by atoms with Crippen molar-refractivity contribution < 1.29 is 19.8 Å². The number of rotatable bonds is 3. The van der Waals surface area contributed by atoms with Gasteiger partial charge in [-0.05, 0) is 19.4 Å². The third kappa shape index (κ3) is 2.54. The number of likely N-dealkylation sites (tertiary alicyclic amines) is 1. The molecule has 20 heavy (non-hydrogen) atoms. The Hall–Kier alpha value is -1.88. The fraction of sp³-hybridized carbons (Fsp3) is 0.467. The van der Waals surface area contributed by atoms with Gasteiger partial charge in [0.1, 0.15) is 6.04 Å². The number of carboxylic acids is 1. The summed E-state index contributed by atoms with van der Waals surface area (Å²) in [4.78, 5) is 25.2. The molecule has 0 unspecified atom stereocenters. The standard InChI is InChI=1S/C15H19NO4/c1-15(2,10-6-4-3-5-7-10)14(20)16-9-11(17)8-12(16)13(18)19/h3-7,11-12,17H,8-9H2,1-2H3,(H,18,19)/t11-,12-/m0/s1. The van der Waals surface area contributed by atoms with E-state index in [0.29, 0.717) is 0 Å². The fourth-order valence-electron chi connectivity index (χ4n) is 2.61. The number of hydrogen-bond donors (Lipinski definition) is 2. The first-order valence-corrected chi connectivity index (χ1v) is 6.61. The Bertz CT molecular complexity index is 512. The van der Waals surface area contributed by atoms with E-state index in [0.717, 1.165) is 5.56 Å². The number of hydrogen-bond acceptors (Lipinski definition) is 3. The summed E-state index contributed by atoms with van der Waals surface area (Å²) in [5, 5.41) is 18.8. The zero-order valence-corrected chi connectivity index (χ0v) is 11.6. The van der Waals surface area contributed by atoms with E-state index in [-0.39, 0.29) is 18.9 Å². The van der Waals surface area contributed by atoms with E-state index in [1.807, 2.05) is 30.3 Å². The van der Waals surface area contributed by atoms with Crippen molar-refractivity contribution in [3.8, 4) is 0 Å². The summed E-state index contributed by atoms with van der Waals surface area (Å²) in [6, 6.07) is 8.31. The average Bonchev–Trinajstić information content (AvgIpc) is 2.81. The first-order chi connectivity index (χ1) is 9.34. The number of β-amino-alcohol motifs (C(OH)–C–C–N with tert-alkyl or cyclic N) is 1. The van der Waals surface area contributed by atoms with Crippen LogP contribution in [-0.4, -0.2) is 45.7 Å². The fourth-order valence-corrected chi connectivity index (χ4v) is 2.61. The van der Waals surface area contributed by atoms with Crippen molar-refractivity contribution in [2.24, 2.45) is 0 Å². The van der Waals surface area contributed by atoms with Crippen molar-refractivity contribution >= 4 is 11.9 Å². The monoisotopic (exact) mass is 277 g/mol. The van der Waals surface area contributed by atoms with Crippen molar-refractivity contribution in [2.45, 2.75) is 37.8 Å². The van der Waals surface area contributed by atoms with Gasteiger partial charge in [-0.3, -0.25) is 4.79 Å². The van der Waals surface area contributed by atoms with Crippen LogP contribution in [0.5, 0.6) is 0 Å². The predicted octanol–water partition coefficient (Wildman–Crippen LogP) is 1.01. The number of carbonyl (C=O) groups excluding carboxylic acids is 1. The highest BCUT2D eigenvalue weighted by atomic mass is 16.4. The Balaban J connectivity index is 2.28. The van der Waals surface area contributed by atoms with Gasteiger partial charge in [0.2, 0.25) is 5.91 Å².